The van der Waals surface area contributed by atoms with Crippen molar-refractivity contribution in [1.82, 2.24) is 24.7 Å². The lowest BCUT2D eigenvalue weighted by atomic mass is 10.2. The molecule has 124 valence electrons. The van der Waals surface area contributed by atoms with Crippen molar-refractivity contribution in [3.8, 4) is 5.13 Å². The number of benzene rings is 1. The number of fused-ring (bicyclic) bond motifs is 1. The fourth-order valence-electron chi connectivity index (χ4n) is 2.44. The maximum atomic E-state index is 12.4. The monoisotopic (exact) mass is 350 g/mol. The Hall–Kier alpha value is -3.13. The second-order valence-electron chi connectivity index (χ2n) is 5.60. The second kappa shape index (κ2) is 6.06. The third-order valence-electron chi connectivity index (χ3n) is 3.58. The molecular formula is C17H14N6OS. The molecule has 0 bridgehead atoms. The van der Waals surface area contributed by atoms with Crippen molar-refractivity contribution in [3.05, 3.63) is 59.8 Å². The van der Waals surface area contributed by atoms with Gasteiger partial charge < -0.3 is 5.32 Å². The van der Waals surface area contributed by atoms with Crippen LogP contribution in [0.15, 0.2) is 42.9 Å². The Morgan fingerprint density at radius 2 is 2.08 bits per heavy atom. The molecule has 3 aromatic heterocycles. The molecule has 7 nitrogen and oxygen atoms in total. The first-order valence-corrected chi connectivity index (χ1v) is 8.43. The number of amides is 1. The number of hydrogen-bond donors (Lipinski definition) is 1. The lowest BCUT2D eigenvalue weighted by Crippen LogP contribution is -2.16. The molecule has 8 heteroatoms. The summed E-state index contributed by atoms with van der Waals surface area (Å²) in [6.45, 7) is 3.91. The van der Waals surface area contributed by atoms with Crippen LogP contribution in [0.1, 0.15) is 21.7 Å². The fraction of sp³-hybridized carbons (Fsp3) is 0.118. The minimum Gasteiger partial charge on any atom is -0.305 e. The van der Waals surface area contributed by atoms with Crippen LogP contribution in [0.2, 0.25) is 0 Å². The number of aryl methyl sites for hydroxylation is 2. The Kier molecular flexibility index (Phi) is 3.73. The number of hydrogen-bond acceptors (Lipinski definition) is 6. The predicted molar refractivity (Wildman–Crippen MR) is 96.2 cm³/mol. The highest BCUT2D eigenvalue weighted by atomic mass is 32.1. The average Bonchev–Trinajstić information content (AvgIpc) is 3.18. The second-order valence-corrected chi connectivity index (χ2v) is 6.60. The van der Waals surface area contributed by atoms with E-state index in [0.717, 1.165) is 15.9 Å². The number of anilines is 1. The van der Waals surface area contributed by atoms with E-state index in [-0.39, 0.29) is 11.6 Å². The summed E-state index contributed by atoms with van der Waals surface area (Å²) in [6, 6.07) is 7.89. The SMILES string of the molecule is Cc1ccc2nc(-n3nc(C)cc3NC(=O)c3cnccn3)sc2c1. The zero-order chi connectivity index (χ0) is 17.4. The van der Waals surface area contributed by atoms with E-state index in [1.54, 1.807) is 10.7 Å². The first-order valence-electron chi connectivity index (χ1n) is 7.62. The topological polar surface area (TPSA) is 85.6 Å². The van der Waals surface area contributed by atoms with Crippen LogP contribution in [0.3, 0.4) is 0 Å². The standard InChI is InChI=1S/C17H14N6OS/c1-10-3-4-12-14(7-10)25-17(20-12)23-15(8-11(2)22-23)21-16(24)13-9-18-5-6-19-13/h3-9H,1-2H3,(H,21,24). The maximum absolute atomic E-state index is 12.4. The number of carbonyl (C=O) groups excluding carboxylic acids is 1. The van der Waals surface area contributed by atoms with Crippen molar-refractivity contribution < 1.29 is 4.79 Å². The molecule has 0 aliphatic rings. The van der Waals surface area contributed by atoms with Gasteiger partial charge in [0.25, 0.3) is 5.91 Å². The van der Waals surface area contributed by atoms with Gasteiger partial charge in [-0.2, -0.15) is 9.78 Å². The van der Waals surface area contributed by atoms with Gasteiger partial charge in [-0.05, 0) is 31.5 Å². The van der Waals surface area contributed by atoms with Gasteiger partial charge in [0.15, 0.2) is 0 Å². The van der Waals surface area contributed by atoms with Gasteiger partial charge in [-0.1, -0.05) is 17.4 Å². The van der Waals surface area contributed by atoms with Crippen molar-refractivity contribution in [2.75, 3.05) is 5.32 Å². The molecule has 0 aliphatic carbocycles. The summed E-state index contributed by atoms with van der Waals surface area (Å²) in [6.07, 6.45) is 4.42. The quantitative estimate of drug-likeness (QED) is 0.613. The normalized spacial score (nSPS) is 11.0. The van der Waals surface area contributed by atoms with E-state index in [4.69, 9.17) is 0 Å². The predicted octanol–water partition coefficient (Wildman–Crippen LogP) is 3.14. The van der Waals surface area contributed by atoms with Crippen LogP contribution in [-0.2, 0) is 0 Å². The first-order chi connectivity index (χ1) is 12.1. The van der Waals surface area contributed by atoms with Gasteiger partial charge in [-0.25, -0.2) is 9.97 Å². The molecule has 4 rings (SSSR count). The van der Waals surface area contributed by atoms with E-state index >= 15 is 0 Å². The summed E-state index contributed by atoms with van der Waals surface area (Å²) < 4.78 is 2.72. The summed E-state index contributed by atoms with van der Waals surface area (Å²) in [7, 11) is 0. The van der Waals surface area contributed by atoms with Crippen LogP contribution >= 0.6 is 11.3 Å². The summed E-state index contributed by atoms with van der Waals surface area (Å²) in [5.41, 5.74) is 3.11. The lowest BCUT2D eigenvalue weighted by molar-refractivity contribution is 0.102. The molecule has 0 saturated heterocycles. The highest BCUT2D eigenvalue weighted by Crippen LogP contribution is 2.28. The smallest absolute Gasteiger partial charge is 0.277 e. The van der Waals surface area contributed by atoms with Gasteiger partial charge in [0.2, 0.25) is 5.13 Å². The Balaban J connectivity index is 1.72. The number of nitrogens with one attached hydrogen (secondary N) is 1. The van der Waals surface area contributed by atoms with Crippen LogP contribution in [-0.4, -0.2) is 30.6 Å². The Bertz CT molecular complexity index is 1070. The molecule has 0 saturated carbocycles. The summed E-state index contributed by atoms with van der Waals surface area (Å²) in [5, 5.41) is 7.98. The van der Waals surface area contributed by atoms with Crippen LogP contribution in [0, 0.1) is 13.8 Å². The van der Waals surface area contributed by atoms with Gasteiger partial charge in [-0.3, -0.25) is 9.78 Å². The highest BCUT2D eigenvalue weighted by Gasteiger charge is 2.16. The van der Waals surface area contributed by atoms with E-state index < -0.39 is 0 Å². The zero-order valence-corrected chi connectivity index (χ0v) is 14.4. The van der Waals surface area contributed by atoms with E-state index in [9.17, 15) is 4.79 Å². The Labute approximate surface area is 147 Å². The van der Waals surface area contributed by atoms with Gasteiger partial charge in [0.1, 0.15) is 11.5 Å². The molecule has 0 spiro atoms. The van der Waals surface area contributed by atoms with Crippen LogP contribution in [0.4, 0.5) is 5.82 Å². The van der Waals surface area contributed by atoms with E-state index in [1.807, 2.05) is 26.0 Å². The largest absolute Gasteiger partial charge is 0.305 e. The molecule has 0 unspecified atom stereocenters. The van der Waals surface area contributed by atoms with Crippen LogP contribution < -0.4 is 5.32 Å². The van der Waals surface area contributed by atoms with Crippen molar-refractivity contribution in [2.24, 2.45) is 0 Å². The van der Waals surface area contributed by atoms with Crippen molar-refractivity contribution in [2.45, 2.75) is 13.8 Å². The number of aromatic nitrogens is 5. The van der Waals surface area contributed by atoms with Crippen LogP contribution in [0.5, 0.6) is 0 Å². The van der Waals surface area contributed by atoms with Crippen molar-refractivity contribution in [1.29, 1.82) is 0 Å². The van der Waals surface area contributed by atoms with E-state index in [1.165, 1.54) is 35.5 Å². The van der Waals surface area contributed by atoms with E-state index in [2.05, 4.69) is 31.4 Å². The number of rotatable bonds is 3. The van der Waals surface area contributed by atoms with Gasteiger partial charge >= 0.3 is 0 Å². The molecule has 0 atom stereocenters. The van der Waals surface area contributed by atoms with Gasteiger partial charge in [0.05, 0.1) is 22.1 Å². The molecule has 1 aromatic carbocycles. The molecule has 0 aliphatic heterocycles. The molecule has 0 fully saturated rings. The molecule has 1 N–H and O–H groups in total. The molecule has 0 radical (unpaired) electrons. The molecule has 1 amide bonds. The van der Waals surface area contributed by atoms with E-state index in [0.29, 0.717) is 10.9 Å². The summed E-state index contributed by atoms with van der Waals surface area (Å²) in [5.74, 6) is 0.204. The molecule has 4 aromatic rings. The van der Waals surface area contributed by atoms with Crippen molar-refractivity contribution in [3.63, 3.8) is 0 Å². The van der Waals surface area contributed by atoms with Gasteiger partial charge in [-0.15, -0.1) is 0 Å². The van der Waals surface area contributed by atoms with Gasteiger partial charge in [0, 0.05) is 18.5 Å². The average molecular weight is 350 g/mol. The zero-order valence-electron chi connectivity index (χ0n) is 13.6. The lowest BCUT2D eigenvalue weighted by Gasteiger charge is -2.05. The van der Waals surface area contributed by atoms with Crippen molar-refractivity contribution >= 4 is 33.3 Å². The fourth-order valence-corrected chi connectivity index (χ4v) is 3.47. The molecular weight excluding hydrogens is 336 g/mol. The summed E-state index contributed by atoms with van der Waals surface area (Å²) >= 11 is 1.53. The number of nitrogens with zero attached hydrogens (tertiary/aromatic N) is 5. The maximum Gasteiger partial charge on any atom is 0.277 e. The number of thiazole rings is 1. The third-order valence-corrected chi connectivity index (χ3v) is 4.58. The number of carbonyl (C=O) groups is 1. The highest BCUT2D eigenvalue weighted by molar-refractivity contribution is 7.20. The molecule has 3 heterocycles. The first kappa shape index (κ1) is 15.4. The minimum absolute atomic E-state index is 0.243. The molecule has 25 heavy (non-hydrogen) atoms. The van der Waals surface area contributed by atoms with Crippen LogP contribution in [0.25, 0.3) is 15.3 Å². The third kappa shape index (κ3) is 2.99. The summed E-state index contributed by atoms with van der Waals surface area (Å²) in [4.78, 5) is 24.9. The Morgan fingerprint density at radius 3 is 2.88 bits per heavy atom. The Morgan fingerprint density at radius 1 is 1.20 bits per heavy atom. The minimum atomic E-state index is -0.341.